The maximum Gasteiger partial charge on any atom is 0.165 e. The number of nitrogens with zero attached hydrogens (tertiary/aromatic N) is 2. The van der Waals surface area contributed by atoms with Crippen LogP contribution in [0.25, 0.3) is 16.9 Å². The standard InChI is InChI=1S/C20H22N2O/c1-4-6-18-20(23)19(16-11-9-14(2)10-12-16)21-22(18)17-8-5-7-15(3)13-17/h5,7-13,23H,4,6H2,1-3H3. The van der Waals surface area contributed by atoms with Crippen molar-refractivity contribution in [2.75, 3.05) is 0 Å². The number of aromatic hydroxyl groups is 1. The van der Waals surface area contributed by atoms with Crippen molar-refractivity contribution in [3.63, 3.8) is 0 Å². The van der Waals surface area contributed by atoms with E-state index in [4.69, 9.17) is 5.10 Å². The Bertz CT molecular complexity index is 816. The van der Waals surface area contributed by atoms with Crippen LogP contribution in [0.5, 0.6) is 5.75 Å². The predicted molar refractivity (Wildman–Crippen MR) is 94.1 cm³/mol. The van der Waals surface area contributed by atoms with Gasteiger partial charge in [-0.25, -0.2) is 4.68 Å². The Morgan fingerprint density at radius 1 is 1.00 bits per heavy atom. The van der Waals surface area contributed by atoms with E-state index >= 15 is 0 Å². The minimum atomic E-state index is 0.289. The molecule has 1 aromatic heterocycles. The number of benzene rings is 2. The predicted octanol–water partition coefficient (Wildman–Crippen LogP) is 4.81. The van der Waals surface area contributed by atoms with Crippen LogP contribution >= 0.6 is 0 Å². The Morgan fingerprint density at radius 2 is 1.74 bits per heavy atom. The summed E-state index contributed by atoms with van der Waals surface area (Å²) in [5.74, 6) is 0.289. The summed E-state index contributed by atoms with van der Waals surface area (Å²) >= 11 is 0. The van der Waals surface area contributed by atoms with Crippen molar-refractivity contribution in [2.45, 2.75) is 33.6 Å². The smallest absolute Gasteiger partial charge is 0.165 e. The van der Waals surface area contributed by atoms with E-state index in [1.165, 1.54) is 11.1 Å². The third-order valence-electron chi connectivity index (χ3n) is 4.01. The van der Waals surface area contributed by atoms with E-state index in [0.717, 1.165) is 29.8 Å². The monoisotopic (exact) mass is 306 g/mol. The third kappa shape index (κ3) is 3.00. The molecule has 0 aliphatic rings. The summed E-state index contributed by atoms with van der Waals surface area (Å²) in [6.45, 7) is 6.23. The van der Waals surface area contributed by atoms with Crippen LogP contribution in [0.2, 0.25) is 0 Å². The van der Waals surface area contributed by atoms with Gasteiger partial charge in [-0.05, 0) is 38.0 Å². The molecule has 0 bridgehead atoms. The van der Waals surface area contributed by atoms with E-state index in [1.54, 1.807) is 0 Å². The zero-order valence-corrected chi connectivity index (χ0v) is 13.9. The van der Waals surface area contributed by atoms with Gasteiger partial charge in [0.1, 0.15) is 5.69 Å². The molecule has 118 valence electrons. The molecule has 0 aliphatic carbocycles. The van der Waals surface area contributed by atoms with Crippen LogP contribution in [-0.2, 0) is 6.42 Å². The lowest BCUT2D eigenvalue weighted by Crippen LogP contribution is -2.02. The fourth-order valence-corrected chi connectivity index (χ4v) is 2.78. The first kappa shape index (κ1) is 15.3. The molecule has 3 rings (SSSR count). The lowest BCUT2D eigenvalue weighted by molar-refractivity contribution is 0.468. The summed E-state index contributed by atoms with van der Waals surface area (Å²) in [5, 5.41) is 15.4. The Labute approximate surface area is 137 Å². The lowest BCUT2D eigenvalue weighted by Gasteiger charge is -2.07. The van der Waals surface area contributed by atoms with Gasteiger partial charge in [0, 0.05) is 5.56 Å². The molecule has 1 heterocycles. The second kappa shape index (κ2) is 6.29. The topological polar surface area (TPSA) is 38.1 Å². The zero-order chi connectivity index (χ0) is 16.4. The molecule has 3 heteroatoms. The van der Waals surface area contributed by atoms with Crippen molar-refractivity contribution in [3.8, 4) is 22.7 Å². The fourth-order valence-electron chi connectivity index (χ4n) is 2.78. The highest BCUT2D eigenvalue weighted by Crippen LogP contribution is 2.34. The second-order valence-electron chi connectivity index (χ2n) is 6.01. The van der Waals surface area contributed by atoms with Crippen LogP contribution < -0.4 is 0 Å². The van der Waals surface area contributed by atoms with Crippen LogP contribution in [0.4, 0.5) is 0 Å². The quantitative estimate of drug-likeness (QED) is 0.751. The second-order valence-corrected chi connectivity index (χ2v) is 6.01. The largest absolute Gasteiger partial charge is 0.504 e. The molecule has 23 heavy (non-hydrogen) atoms. The Hall–Kier alpha value is -2.55. The Balaban J connectivity index is 2.16. The van der Waals surface area contributed by atoms with Crippen LogP contribution in [0.15, 0.2) is 48.5 Å². The highest BCUT2D eigenvalue weighted by Gasteiger charge is 2.19. The summed E-state index contributed by atoms with van der Waals surface area (Å²) in [7, 11) is 0. The maximum atomic E-state index is 10.7. The van der Waals surface area contributed by atoms with E-state index < -0.39 is 0 Å². The first-order chi connectivity index (χ1) is 11.1. The van der Waals surface area contributed by atoms with Gasteiger partial charge < -0.3 is 5.11 Å². The van der Waals surface area contributed by atoms with E-state index in [9.17, 15) is 5.11 Å². The lowest BCUT2D eigenvalue weighted by atomic mass is 10.1. The van der Waals surface area contributed by atoms with Crippen molar-refractivity contribution >= 4 is 0 Å². The van der Waals surface area contributed by atoms with Gasteiger partial charge in [-0.3, -0.25) is 0 Å². The average Bonchev–Trinajstić information content (AvgIpc) is 2.86. The van der Waals surface area contributed by atoms with Gasteiger partial charge in [0.15, 0.2) is 5.75 Å². The molecule has 0 spiro atoms. The number of hydrogen-bond acceptors (Lipinski definition) is 2. The molecule has 0 fully saturated rings. The Morgan fingerprint density at radius 3 is 2.39 bits per heavy atom. The van der Waals surface area contributed by atoms with Crippen LogP contribution in [0.3, 0.4) is 0 Å². The van der Waals surface area contributed by atoms with Gasteiger partial charge in [0.2, 0.25) is 0 Å². The molecule has 0 unspecified atom stereocenters. The van der Waals surface area contributed by atoms with Gasteiger partial charge >= 0.3 is 0 Å². The summed E-state index contributed by atoms with van der Waals surface area (Å²) in [6.07, 6.45) is 1.75. The molecule has 1 N–H and O–H groups in total. The average molecular weight is 306 g/mol. The molecule has 0 saturated heterocycles. The number of rotatable bonds is 4. The SMILES string of the molecule is CCCc1c(O)c(-c2ccc(C)cc2)nn1-c1cccc(C)c1. The fraction of sp³-hybridized carbons (Fsp3) is 0.250. The molecule has 0 amide bonds. The van der Waals surface area contributed by atoms with Crippen molar-refractivity contribution < 1.29 is 5.11 Å². The van der Waals surface area contributed by atoms with Gasteiger partial charge in [-0.1, -0.05) is 55.3 Å². The summed E-state index contributed by atoms with van der Waals surface area (Å²) in [4.78, 5) is 0. The molecule has 0 atom stereocenters. The van der Waals surface area contributed by atoms with E-state index in [1.807, 2.05) is 41.1 Å². The van der Waals surface area contributed by atoms with Crippen molar-refractivity contribution in [1.29, 1.82) is 0 Å². The van der Waals surface area contributed by atoms with Crippen LogP contribution in [-0.4, -0.2) is 14.9 Å². The minimum Gasteiger partial charge on any atom is -0.504 e. The third-order valence-corrected chi connectivity index (χ3v) is 4.01. The number of aromatic nitrogens is 2. The van der Waals surface area contributed by atoms with Crippen molar-refractivity contribution in [2.24, 2.45) is 0 Å². The number of aryl methyl sites for hydroxylation is 2. The van der Waals surface area contributed by atoms with E-state index in [-0.39, 0.29) is 5.75 Å². The van der Waals surface area contributed by atoms with Crippen molar-refractivity contribution in [1.82, 2.24) is 9.78 Å². The van der Waals surface area contributed by atoms with Crippen LogP contribution in [0.1, 0.15) is 30.2 Å². The van der Waals surface area contributed by atoms with Gasteiger partial charge in [-0.2, -0.15) is 5.10 Å². The summed E-state index contributed by atoms with van der Waals surface area (Å²) < 4.78 is 1.88. The molecule has 2 aromatic carbocycles. The first-order valence-electron chi connectivity index (χ1n) is 8.05. The summed E-state index contributed by atoms with van der Waals surface area (Å²) in [5.41, 5.74) is 5.82. The molecule has 3 aromatic rings. The molecule has 0 saturated carbocycles. The van der Waals surface area contributed by atoms with Gasteiger partial charge in [-0.15, -0.1) is 0 Å². The highest BCUT2D eigenvalue weighted by molar-refractivity contribution is 5.68. The summed E-state index contributed by atoms with van der Waals surface area (Å²) in [6, 6.07) is 16.3. The van der Waals surface area contributed by atoms with E-state index in [0.29, 0.717) is 5.69 Å². The highest BCUT2D eigenvalue weighted by atomic mass is 16.3. The van der Waals surface area contributed by atoms with E-state index in [2.05, 4.69) is 32.9 Å². The Kier molecular flexibility index (Phi) is 4.20. The molecule has 3 nitrogen and oxygen atoms in total. The minimum absolute atomic E-state index is 0.289. The van der Waals surface area contributed by atoms with Crippen LogP contribution in [0, 0.1) is 13.8 Å². The van der Waals surface area contributed by atoms with Gasteiger partial charge in [0.05, 0.1) is 11.4 Å². The molecule has 0 aliphatic heterocycles. The maximum absolute atomic E-state index is 10.7. The van der Waals surface area contributed by atoms with Crippen molar-refractivity contribution in [3.05, 3.63) is 65.4 Å². The molecule has 0 radical (unpaired) electrons. The number of hydrogen-bond donors (Lipinski definition) is 1. The molecular formula is C20H22N2O. The first-order valence-corrected chi connectivity index (χ1v) is 8.05. The molecular weight excluding hydrogens is 284 g/mol. The van der Waals surface area contributed by atoms with Gasteiger partial charge in [0.25, 0.3) is 0 Å². The zero-order valence-electron chi connectivity index (χ0n) is 13.9. The normalized spacial score (nSPS) is 10.9.